The Labute approximate surface area is 490 Å². The van der Waals surface area contributed by atoms with Gasteiger partial charge in [-0.25, -0.2) is 4.57 Å². The van der Waals surface area contributed by atoms with E-state index >= 15 is 0 Å². The van der Waals surface area contributed by atoms with Gasteiger partial charge in [-0.3, -0.25) is 18.6 Å². The summed E-state index contributed by atoms with van der Waals surface area (Å²) in [5.41, 5.74) is 0. The summed E-state index contributed by atoms with van der Waals surface area (Å²) >= 11 is 0. The number of nitrogens with zero attached hydrogens (tertiary/aromatic N) is 1. The SMILES string of the molecule is CCCCC/C=C\C/C=C\CCCCCCCCCCCCCCCC(=O)NC(COP(=O)(O)OCC[N+](C)(C)C)C(/C=C\CCCCCCCCCCC)OC(=O)CCCCCCCCCCC/C=C/CCCCCCCC. The van der Waals surface area contributed by atoms with Gasteiger partial charge in [0, 0.05) is 12.8 Å². The molecule has 0 aliphatic carbocycles. The lowest BCUT2D eigenvalue weighted by Crippen LogP contribution is -2.47. The molecule has 0 aromatic heterocycles. The number of allylic oxidation sites excluding steroid dienone is 7. The fourth-order valence-electron chi connectivity index (χ4n) is 9.97. The monoisotopic (exact) mass is 1130 g/mol. The highest BCUT2D eigenvalue weighted by Gasteiger charge is 2.30. The number of amides is 1. The predicted octanol–water partition coefficient (Wildman–Crippen LogP) is 21.2. The highest BCUT2D eigenvalue weighted by atomic mass is 31.2. The second-order valence-corrected chi connectivity index (χ2v) is 25.8. The van der Waals surface area contributed by atoms with Crippen LogP contribution < -0.4 is 5.32 Å². The number of likely N-dealkylation sites (N-methyl/N-ethyl adjacent to an activating group) is 1. The Morgan fingerprint density at radius 2 is 0.772 bits per heavy atom. The van der Waals surface area contributed by atoms with Crippen molar-refractivity contribution in [2.45, 2.75) is 341 Å². The summed E-state index contributed by atoms with van der Waals surface area (Å²) in [5.74, 6) is -0.496. The minimum Gasteiger partial charge on any atom is -0.456 e. The molecule has 2 N–H and O–H groups in total. The topological polar surface area (TPSA) is 111 Å². The van der Waals surface area contributed by atoms with Crippen molar-refractivity contribution >= 4 is 19.7 Å². The number of carbonyl (C=O) groups is 2. The van der Waals surface area contributed by atoms with Gasteiger partial charge in [-0.1, -0.05) is 275 Å². The first-order valence-electron chi connectivity index (χ1n) is 34.0. The Morgan fingerprint density at radius 1 is 0.443 bits per heavy atom. The van der Waals surface area contributed by atoms with Gasteiger partial charge in [0.1, 0.15) is 19.3 Å². The second-order valence-electron chi connectivity index (χ2n) is 24.3. The Balaban J connectivity index is 5.07. The van der Waals surface area contributed by atoms with Crippen molar-refractivity contribution < 1.29 is 37.3 Å². The summed E-state index contributed by atoms with van der Waals surface area (Å²) in [7, 11) is 1.50. The first-order chi connectivity index (χ1) is 38.4. The normalized spacial score (nSPS) is 13.9. The van der Waals surface area contributed by atoms with Crippen LogP contribution >= 0.6 is 7.82 Å². The Bertz CT molecular complexity index is 1490. The number of carbonyl (C=O) groups excluding carboxylic acids is 2. The van der Waals surface area contributed by atoms with Crippen LogP contribution in [0.4, 0.5) is 0 Å². The maximum atomic E-state index is 13.6. The van der Waals surface area contributed by atoms with E-state index in [9.17, 15) is 19.0 Å². The quantitative estimate of drug-likeness (QED) is 0.0205. The molecular formula is C69H132N2O7P+. The zero-order valence-corrected chi connectivity index (χ0v) is 54.0. The molecule has 0 heterocycles. The van der Waals surface area contributed by atoms with E-state index in [1.807, 2.05) is 33.3 Å². The number of ether oxygens (including phenoxy) is 1. The molecule has 0 fully saturated rings. The highest BCUT2D eigenvalue weighted by molar-refractivity contribution is 7.47. The van der Waals surface area contributed by atoms with E-state index in [1.54, 1.807) is 0 Å². The molecule has 0 aromatic rings. The molecule has 464 valence electrons. The Kier molecular flexibility index (Phi) is 57.6. The molecular weight excluding hydrogens is 1000 g/mol. The summed E-state index contributed by atoms with van der Waals surface area (Å²) < 4.78 is 30.8. The van der Waals surface area contributed by atoms with Gasteiger partial charge in [-0.05, 0) is 89.5 Å². The van der Waals surface area contributed by atoms with E-state index in [1.165, 1.54) is 231 Å². The first kappa shape index (κ1) is 77.0. The van der Waals surface area contributed by atoms with Crippen molar-refractivity contribution in [1.82, 2.24) is 5.32 Å². The second kappa shape index (κ2) is 59.1. The molecule has 0 rings (SSSR count). The third-order valence-corrected chi connectivity index (χ3v) is 16.2. The van der Waals surface area contributed by atoms with E-state index in [-0.39, 0.29) is 25.1 Å². The molecule has 9 nitrogen and oxygen atoms in total. The van der Waals surface area contributed by atoms with E-state index in [0.717, 1.165) is 64.2 Å². The van der Waals surface area contributed by atoms with E-state index < -0.39 is 20.0 Å². The molecule has 0 aliphatic heterocycles. The lowest BCUT2D eigenvalue weighted by molar-refractivity contribution is -0.870. The largest absolute Gasteiger partial charge is 0.472 e. The molecule has 79 heavy (non-hydrogen) atoms. The summed E-state index contributed by atoms with van der Waals surface area (Å²) in [5, 5.41) is 3.07. The average molecular weight is 1130 g/mol. The summed E-state index contributed by atoms with van der Waals surface area (Å²) in [6.45, 7) is 7.02. The van der Waals surface area contributed by atoms with Crippen LogP contribution in [-0.4, -0.2) is 74.3 Å². The van der Waals surface area contributed by atoms with Crippen LogP contribution in [0, 0.1) is 0 Å². The number of phosphoric acid groups is 1. The van der Waals surface area contributed by atoms with Gasteiger partial charge in [-0.2, -0.15) is 0 Å². The highest BCUT2D eigenvalue weighted by Crippen LogP contribution is 2.43. The third-order valence-electron chi connectivity index (χ3n) is 15.2. The molecule has 3 atom stereocenters. The number of hydrogen-bond acceptors (Lipinski definition) is 6. The van der Waals surface area contributed by atoms with Crippen LogP contribution in [0.15, 0.2) is 48.6 Å². The molecule has 0 saturated heterocycles. The number of hydrogen-bond donors (Lipinski definition) is 2. The van der Waals surface area contributed by atoms with Crippen molar-refractivity contribution in [1.29, 1.82) is 0 Å². The van der Waals surface area contributed by atoms with Crippen LogP contribution in [0.5, 0.6) is 0 Å². The minimum atomic E-state index is -4.45. The van der Waals surface area contributed by atoms with Crippen molar-refractivity contribution in [3.05, 3.63) is 48.6 Å². The fourth-order valence-corrected chi connectivity index (χ4v) is 10.7. The zero-order valence-electron chi connectivity index (χ0n) is 53.1. The van der Waals surface area contributed by atoms with E-state index in [2.05, 4.69) is 62.5 Å². The molecule has 0 aliphatic rings. The average Bonchev–Trinajstić information content (AvgIpc) is 3.41. The van der Waals surface area contributed by atoms with Gasteiger partial charge < -0.3 is 19.4 Å². The van der Waals surface area contributed by atoms with Crippen LogP contribution in [-0.2, 0) is 27.9 Å². The first-order valence-corrected chi connectivity index (χ1v) is 35.5. The standard InChI is InChI=1S/C69H131N2O7P/c1-7-10-13-16-19-22-25-27-29-31-33-34-35-36-38-39-41-43-46-49-52-55-58-61-68(72)70-66(65-77-79(74,75)76-64-63-71(4,5)6)67(60-57-54-51-48-45-24-21-18-15-12-9-3)78-69(73)62-59-56-53-50-47-44-42-40-37-32-30-28-26-23-20-17-14-11-8-2/h19,22,27-30,57,60,66-67H,7-18,20-21,23-26,31-56,58-59,61-65H2,1-6H3,(H-,70,72,74,75)/p+1/b22-19-,29-27-,30-28+,60-57-. The van der Waals surface area contributed by atoms with Gasteiger partial charge >= 0.3 is 13.8 Å². The summed E-state index contributed by atoms with van der Waals surface area (Å²) in [4.78, 5) is 37.8. The lowest BCUT2D eigenvalue weighted by Gasteiger charge is -2.27. The van der Waals surface area contributed by atoms with Crippen LogP contribution in [0.25, 0.3) is 0 Å². The van der Waals surface area contributed by atoms with Crippen molar-refractivity contribution in [2.24, 2.45) is 0 Å². The van der Waals surface area contributed by atoms with Crippen LogP contribution in [0.1, 0.15) is 329 Å². The number of unbranched alkanes of at least 4 members (excludes halogenated alkanes) is 40. The molecule has 3 unspecified atom stereocenters. The maximum Gasteiger partial charge on any atom is 0.472 e. The Morgan fingerprint density at radius 3 is 1.18 bits per heavy atom. The van der Waals surface area contributed by atoms with Gasteiger partial charge in [-0.15, -0.1) is 0 Å². The minimum absolute atomic E-state index is 0.0408. The molecule has 0 spiro atoms. The number of esters is 1. The van der Waals surface area contributed by atoms with Crippen molar-refractivity contribution in [3.63, 3.8) is 0 Å². The third kappa shape index (κ3) is 60.4. The van der Waals surface area contributed by atoms with Crippen molar-refractivity contribution in [3.8, 4) is 0 Å². The number of nitrogens with one attached hydrogen (secondary N) is 1. The summed E-state index contributed by atoms with van der Waals surface area (Å²) in [6, 6.07) is -0.848. The summed E-state index contributed by atoms with van der Waals surface area (Å²) in [6.07, 6.45) is 74.0. The van der Waals surface area contributed by atoms with Gasteiger partial charge in [0.05, 0.1) is 33.8 Å². The molecule has 1 amide bonds. The number of rotatable bonds is 62. The van der Waals surface area contributed by atoms with Gasteiger partial charge in [0.2, 0.25) is 5.91 Å². The molecule has 0 saturated carbocycles. The lowest BCUT2D eigenvalue weighted by atomic mass is 10.0. The molecule has 0 bridgehead atoms. The zero-order chi connectivity index (χ0) is 57.9. The predicted molar refractivity (Wildman–Crippen MR) is 342 cm³/mol. The van der Waals surface area contributed by atoms with E-state index in [4.69, 9.17) is 13.8 Å². The number of phosphoric ester groups is 1. The number of quaternary nitrogens is 1. The Hall–Kier alpha value is -2.03. The van der Waals surface area contributed by atoms with Gasteiger partial charge in [0.15, 0.2) is 0 Å². The van der Waals surface area contributed by atoms with Crippen molar-refractivity contribution in [2.75, 3.05) is 40.9 Å². The van der Waals surface area contributed by atoms with Gasteiger partial charge in [0.25, 0.3) is 0 Å². The fraction of sp³-hybridized carbons (Fsp3) is 0.855. The van der Waals surface area contributed by atoms with E-state index in [0.29, 0.717) is 23.9 Å². The smallest absolute Gasteiger partial charge is 0.456 e. The molecule has 0 aromatic carbocycles. The maximum absolute atomic E-state index is 13.6. The molecule has 10 heteroatoms. The molecule has 0 radical (unpaired) electrons. The van der Waals surface area contributed by atoms with Crippen LogP contribution in [0.3, 0.4) is 0 Å². The van der Waals surface area contributed by atoms with Crippen LogP contribution in [0.2, 0.25) is 0 Å².